The van der Waals surface area contributed by atoms with E-state index >= 15 is 0 Å². The smallest absolute Gasteiger partial charge is 0.465 e. The summed E-state index contributed by atoms with van der Waals surface area (Å²) in [5, 5.41) is 0.145. The fourth-order valence-electron chi connectivity index (χ4n) is 2.68. The van der Waals surface area contributed by atoms with Gasteiger partial charge in [0.05, 0.1) is 30.2 Å². The number of fused-ring (bicyclic) bond motifs is 1. The fraction of sp³-hybridized carbons (Fsp3) is 0.118. The number of pyridine rings is 2. The van der Waals surface area contributed by atoms with Crippen molar-refractivity contribution in [1.82, 2.24) is 9.55 Å². The van der Waals surface area contributed by atoms with E-state index in [0.717, 1.165) is 23.8 Å². The van der Waals surface area contributed by atoms with Crippen LogP contribution >= 0.6 is 0 Å². The predicted octanol–water partition coefficient (Wildman–Crippen LogP) is 2.24. The number of anilines is 2. The maximum atomic E-state index is 12.9. The number of nitrogens with zero attached hydrogens (tertiary/aromatic N) is 2. The van der Waals surface area contributed by atoms with Crippen LogP contribution in [0.25, 0.3) is 16.6 Å². The average Bonchev–Trinajstić information content (AvgIpc) is 2.61. The summed E-state index contributed by atoms with van der Waals surface area (Å²) < 4.78 is 47.2. The molecule has 0 saturated heterocycles. The first-order valence-electron chi connectivity index (χ1n) is 7.66. The summed E-state index contributed by atoms with van der Waals surface area (Å²) in [5.74, 6) is -1.40. The second-order valence-corrected chi connectivity index (χ2v) is 5.59. The van der Waals surface area contributed by atoms with Crippen LogP contribution in [0.4, 0.5) is 24.7 Å². The molecule has 2 heterocycles. The van der Waals surface area contributed by atoms with E-state index in [1.807, 2.05) is 0 Å². The minimum Gasteiger partial charge on any atom is -0.465 e. The number of carbonyl (C=O) groups excluding carboxylic acids is 1. The van der Waals surface area contributed by atoms with E-state index in [0.29, 0.717) is 0 Å². The molecular formula is C17H13F3N4O4. The first-order chi connectivity index (χ1) is 13.1. The zero-order chi connectivity index (χ0) is 20.6. The van der Waals surface area contributed by atoms with Crippen LogP contribution in [0.2, 0.25) is 0 Å². The van der Waals surface area contributed by atoms with E-state index in [4.69, 9.17) is 11.5 Å². The Morgan fingerprint density at radius 1 is 1.18 bits per heavy atom. The lowest BCUT2D eigenvalue weighted by molar-refractivity contribution is -0.274. The van der Waals surface area contributed by atoms with Gasteiger partial charge in [0.1, 0.15) is 17.1 Å². The quantitative estimate of drug-likeness (QED) is 0.653. The monoisotopic (exact) mass is 394 g/mol. The zero-order valence-electron chi connectivity index (χ0n) is 14.3. The molecule has 28 heavy (non-hydrogen) atoms. The Morgan fingerprint density at radius 2 is 1.89 bits per heavy atom. The molecule has 0 aliphatic heterocycles. The summed E-state index contributed by atoms with van der Waals surface area (Å²) in [5.41, 5.74) is 10.0. The van der Waals surface area contributed by atoms with Crippen molar-refractivity contribution in [1.29, 1.82) is 0 Å². The molecule has 0 amide bonds. The largest absolute Gasteiger partial charge is 0.573 e. The molecule has 0 radical (unpaired) electrons. The molecule has 3 rings (SSSR count). The van der Waals surface area contributed by atoms with Gasteiger partial charge in [-0.15, -0.1) is 13.2 Å². The third-order valence-electron chi connectivity index (χ3n) is 3.84. The Hall–Kier alpha value is -3.76. The third kappa shape index (κ3) is 3.41. The number of hydrogen-bond donors (Lipinski definition) is 2. The first kappa shape index (κ1) is 19.0. The zero-order valence-corrected chi connectivity index (χ0v) is 14.3. The summed E-state index contributed by atoms with van der Waals surface area (Å²) in [6.07, 6.45) is -3.70. The third-order valence-corrected chi connectivity index (χ3v) is 3.84. The van der Waals surface area contributed by atoms with Crippen molar-refractivity contribution in [2.75, 3.05) is 18.6 Å². The molecule has 0 saturated carbocycles. The number of benzene rings is 1. The molecule has 0 spiro atoms. The Bertz CT molecular complexity index is 1120. The van der Waals surface area contributed by atoms with Crippen molar-refractivity contribution >= 4 is 28.4 Å². The first-order valence-corrected chi connectivity index (χ1v) is 7.66. The van der Waals surface area contributed by atoms with Gasteiger partial charge in [0, 0.05) is 11.5 Å². The van der Waals surface area contributed by atoms with E-state index in [1.54, 1.807) is 0 Å². The second-order valence-electron chi connectivity index (χ2n) is 5.59. The molecule has 0 unspecified atom stereocenters. The number of hydrogen-bond acceptors (Lipinski definition) is 7. The van der Waals surface area contributed by atoms with Gasteiger partial charge in [-0.05, 0) is 24.3 Å². The van der Waals surface area contributed by atoms with Gasteiger partial charge < -0.3 is 20.9 Å². The van der Waals surface area contributed by atoms with Gasteiger partial charge in [0.25, 0.3) is 5.56 Å². The van der Waals surface area contributed by atoms with Crippen molar-refractivity contribution in [3.63, 3.8) is 0 Å². The standard InChI is InChI=1S/C17H13F3N4O4/c1-27-16(26)13-14(22)10-4-3-9(28-17(18,19)20)6-11(10)24(15(13)25)8-2-5-12(21)23-7-8/h2-7H,22H2,1H3,(H2,21,23). The van der Waals surface area contributed by atoms with Gasteiger partial charge in [0.15, 0.2) is 0 Å². The Labute approximate surface area is 155 Å². The van der Waals surface area contributed by atoms with Crippen LogP contribution in [0, 0.1) is 0 Å². The lowest BCUT2D eigenvalue weighted by atomic mass is 10.1. The van der Waals surface area contributed by atoms with Crippen molar-refractivity contribution in [3.05, 3.63) is 52.4 Å². The number of aromatic nitrogens is 2. The van der Waals surface area contributed by atoms with Crippen LogP contribution in [0.5, 0.6) is 5.75 Å². The van der Waals surface area contributed by atoms with Crippen molar-refractivity contribution in [2.45, 2.75) is 6.36 Å². The molecule has 4 N–H and O–H groups in total. The van der Waals surface area contributed by atoms with Crippen LogP contribution in [0.1, 0.15) is 10.4 Å². The molecule has 0 aliphatic carbocycles. The normalized spacial score (nSPS) is 11.4. The van der Waals surface area contributed by atoms with Gasteiger partial charge in [0.2, 0.25) is 0 Å². The number of carbonyl (C=O) groups is 1. The number of nitrogens with two attached hydrogens (primary N) is 2. The number of halogens is 3. The molecule has 0 aliphatic rings. The minimum absolute atomic E-state index is 0.0246. The second kappa shape index (κ2) is 6.76. The molecule has 1 aromatic carbocycles. The SMILES string of the molecule is COC(=O)c1c(N)c2ccc(OC(F)(F)F)cc2n(-c2ccc(N)nc2)c1=O. The number of methoxy groups -OCH3 is 1. The Balaban J connectivity index is 2.41. The molecule has 11 heteroatoms. The van der Waals surface area contributed by atoms with E-state index in [9.17, 15) is 22.8 Å². The highest BCUT2D eigenvalue weighted by atomic mass is 19.4. The number of alkyl halides is 3. The molecule has 0 atom stereocenters. The molecule has 3 aromatic rings. The van der Waals surface area contributed by atoms with Crippen LogP contribution in [0.15, 0.2) is 41.3 Å². The maximum Gasteiger partial charge on any atom is 0.573 e. The van der Waals surface area contributed by atoms with Crippen LogP contribution in [-0.4, -0.2) is 29.0 Å². The molecule has 146 valence electrons. The molecule has 0 fully saturated rings. The molecular weight excluding hydrogens is 381 g/mol. The lowest BCUT2D eigenvalue weighted by Gasteiger charge is -2.16. The molecule has 0 bridgehead atoms. The van der Waals surface area contributed by atoms with Gasteiger partial charge in [-0.25, -0.2) is 9.78 Å². The van der Waals surface area contributed by atoms with Crippen LogP contribution in [-0.2, 0) is 4.74 Å². The number of rotatable bonds is 3. The van der Waals surface area contributed by atoms with Gasteiger partial charge in [-0.2, -0.15) is 0 Å². The van der Waals surface area contributed by atoms with Crippen molar-refractivity contribution < 1.29 is 27.4 Å². The number of nitrogen functional groups attached to an aromatic ring is 2. The minimum atomic E-state index is -4.93. The average molecular weight is 394 g/mol. The van der Waals surface area contributed by atoms with E-state index in [1.165, 1.54) is 24.4 Å². The maximum absolute atomic E-state index is 12.9. The summed E-state index contributed by atoms with van der Waals surface area (Å²) in [7, 11) is 1.07. The summed E-state index contributed by atoms with van der Waals surface area (Å²) >= 11 is 0. The topological polar surface area (TPSA) is 122 Å². The Kier molecular flexibility index (Phi) is 4.59. The van der Waals surface area contributed by atoms with Crippen LogP contribution in [0.3, 0.4) is 0 Å². The molecule has 2 aromatic heterocycles. The number of esters is 1. The van der Waals surface area contributed by atoms with E-state index < -0.39 is 29.2 Å². The van der Waals surface area contributed by atoms with Gasteiger partial charge >= 0.3 is 12.3 Å². The van der Waals surface area contributed by atoms with E-state index in [2.05, 4.69) is 14.5 Å². The van der Waals surface area contributed by atoms with Gasteiger partial charge in [-0.3, -0.25) is 9.36 Å². The van der Waals surface area contributed by atoms with E-state index in [-0.39, 0.29) is 28.1 Å². The predicted molar refractivity (Wildman–Crippen MR) is 94.2 cm³/mol. The molecule has 8 nitrogen and oxygen atoms in total. The van der Waals surface area contributed by atoms with Crippen LogP contribution < -0.4 is 21.8 Å². The van der Waals surface area contributed by atoms with Crippen molar-refractivity contribution in [2.24, 2.45) is 0 Å². The lowest BCUT2D eigenvalue weighted by Crippen LogP contribution is -2.28. The summed E-state index contributed by atoms with van der Waals surface area (Å²) in [4.78, 5) is 28.9. The van der Waals surface area contributed by atoms with Gasteiger partial charge in [-0.1, -0.05) is 0 Å². The highest BCUT2D eigenvalue weighted by Crippen LogP contribution is 2.31. The summed E-state index contributed by atoms with van der Waals surface area (Å²) in [6.45, 7) is 0. The number of ether oxygens (including phenoxy) is 2. The highest BCUT2D eigenvalue weighted by Gasteiger charge is 2.31. The summed E-state index contributed by atoms with van der Waals surface area (Å²) in [6, 6.07) is 6.01. The Morgan fingerprint density at radius 3 is 2.46 bits per heavy atom. The van der Waals surface area contributed by atoms with Crippen molar-refractivity contribution in [3.8, 4) is 11.4 Å². The highest BCUT2D eigenvalue weighted by molar-refractivity contribution is 6.04. The fourth-order valence-corrected chi connectivity index (χ4v) is 2.68.